The van der Waals surface area contributed by atoms with Gasteiger partial charge in [0.15, 0.2) is 5.96 Å². The molecule has 0 spiro atoms. The monoisotopic (exact) mass is 327 g/mol. The SMILES string of the molecule is C=C(C)CNC(=NCC(=O)N(C)C)NCCN(C)CCCOC. The number of nitrogens with one attached hydrogen (secondary N) is 2. The summed E-state index contributed by atoms with van der Waals surface area (Å²) in [7, 11) is 7.24. The van der Waals surface area contributed by atoms with Crippen LogP contribution in [-0.2, 0) is 9.53 Å². The minimum absolute atomic E-state index is 0.0295. The zero-order valence-electron chi connectivity index (χ0n) is 15.3. The van der Waals surface area contributed by atoms with E-state index in [0.717, 1.165) is 38.2 Å². The van der Waals surface area contributed by atoms with Crippen LogP contribution < -0.4 is 10.6 Å². The smallest absolute Gasteiger partial charge is 0.243 e. The number of hydrogen-bond donors (Lipinski definition) is 2. The highest BCUT2D eigenvalue weighted by Gasteiger charge is 2.05. The number of hydrogen-bond acceptors (Lipinski definition) is 4. The summed E-state index contributed by atoms with van der Waals surface area (Å²) in [6.45, 7) is 9.96. The molecule has 0 saturated carbocycles. The van der Waals surface area contributed by atoms with Crippen LogP contribution in [0.1, 0.15) is 13.3 Å². The molecule has 0 aromatic heterocycles. The van der Waals surface area contributed by atoms with Gasteiger partial charge in [-0.25, -0.2) is 4.99 Å². The van der Waals surface area contributed by atoms with Crippen LogP contribution in [0, 0.1) is 0 Å². The quantitative estimate of drug-likeness (QED) is 0.245. The fourth-order valence-corrected chi connectivity index (χ4v) is 1.65. The standard InChI is InChI=1S/C16H33N5O2/c1-14(2)12-18-16(19-13-15(22)20(3)4)17-8-10-21(5)9-7-11-23-6/h1,7-13H2,2-6H3,(H2,17,18,19). The number of carbonyl (C=O) groups excluding carboxylic acids is 1. The molecular formula is C16H33N5O2. The van der Waals surface area contributed by atoms with Crippen molar-refractivity contribution < 1.29 is 9.53 Å². The Bertz CT molecular complexity index is 383. The maximum atomic E-state index is 11.6. The molecule has 0 saturated heterocycles. The van der Waals surface area contributed by atoms with Crippen molar-refractivity contribution in [3.05, 3.63) is 12.2 Å². The summed E-state index contributed by atoms with van der Waals surface area (Å²) in [5.74, 6) is 0.603. The molecule has 0 unspecified atom stereocenters. The van der Waals surface area contributed by atoms with Crippen LogP contribution >= 0.6 is 0 Å². The average molecular weight is 327 g/mol. The molecule has 0 bridgehead atoms. The summed E-state index contributed by atoms with van der Waals surface area (Å²) in [6.07, 6.45) is 1.01. The number of rotatable bonds is 11. The summed E-state index contributed by atoms with van der Waals surface area (Å²) < 4.78 is 5.05. The first-order valence-electron chi connectivity index (χ1n) is 7.91. The lowest BCUT2D eigenvalue weighted by Crippen LogP contribution is -2.42. The highest BCUT2D eigenvalue weighted by Crippen LogP contribution is 1.88. The van der Waals surface area contributed by atoms with Gasteiger partial charge < -0.3 is 25.2 Å². The molecule has 0 aliphatic heterocycles. The minimum Gasteiger partial charge on any atom is -0.385 e. The molecule has 23 heavy (non-hydrogen) atoms. The Morgan fingerprint density at radius 3 is 2.48 bits per heavy atom. The maximum absolute atomic E-state index is 11.6. The Morgan fingerprint density at radius 1 is 1.22 bits per heavy atom. The van der Waals surface area contributed by atoms with Crippen molar-refractivity contribution in [2.24, 2.45) is 4.99 Å². The van der Waals surface area contributed by atoms with Gasteiger partial charge in [-0.1, -0.05) is 12.2 Å². The van der Waals surface area contributed by atoms with Crippen LogP contribution in [0.15, 0.2) is 17.1 Å². The third kappa shape index (κ3) is 12.6. The first kappa shape index (κ1) is 21.4. The Labute approximate surface area is 140 Å². The van der Waals surface area contributed by atoms with E-state index < -0.39 is 0 Å². The summed E-state index contributed by atoms with van der Waals surface area (Å²) in [4.78, 5) is 19.7. The van der Waals surface area contributed by atoms with Crippen molar-refractivity contribution in [1.29, 1.82) is 0 Å². The van der Waals surface area contributed by atoms with Crippen LogP contribution in [-0.4, -0.2) is 89.3 Å². The van der Waals surface area contributed by atoms with Gasteiger partial charge in [-0.05, 0) is 20.4 Å². The van der Waals surface area contributed by atoms with E-state index in [1.54, 1.807) is 21.2 Å². The lowest BCUT2D eigenvalue weighted by atomic mass is 10.3. The topological polar surface area (TPSA) is 69.2 Å². The molecular weight excluding hydrogens is 294 g/mol. The van der Waals surface area contributed by atoms with Gasteiger partial charge in [-0.15, -0.1) is 0 Å². The van der Waals surface area contributed by atoms with Crippen LogP contribution in [0.3, 0.4) is 0 Å². The van der Waals surface area contributed by atoms with E-state index >= 15 is 0 Å². The average Bonchev–Trinajstić information content (AvgIpc) is 2.49. The molecule has 0 atom stereocenters. The predicted molar refractivity (Wildman–Crippen MR) is 95.8 cm³/mol. The van der Waals surface area contributed by atoms with Gasteiger partial charge in [0.25, 0.3) is 0 Å². The van der Waals surface area contributed by atoms with Gasteiger partial charge in [0.1, 0.15) is 6.54 Å². The van der Waals surface area contributed by atoms with Gasteiger partial charge >= 0.3 is 0 Å². The number of aliphatic imine (C=N–C) groups is 1. The van der Waals surface area contributed by atoms with Crippen molar-refractivity contribution in [3.63, 3.8) is 0 Å². The van der Waals surface area contributed by atoms with E-state index in [2.05, 4.69) is 34.2 Å². The van der Waals surface area contributed by atoms with Gasteiger partial charge in [0.2, 0.25) is 5.91 Å². The Balaban J connectivity index is 4.27. The lowest BCUT2D eigenvalue weighted by Gasteiger charge is -2.18. The molecule has 7 heteroatoms. The van der Waals surface area contributed by atoms with E-state index in [1.165, 1.54) is 4.90 Å². The number of nitrogens with zero attached hydrogens (tertiary/aromatic N) is 3. The number of amides is 1. The first-order valence-corrected chi connectivity index (χ1v) is 7.91. The maximum Gasteiger partial charge on any atom is 0.243 e. The molecule has 7 nitrogen and oxygen atoms in total. The Hall–Kier alpha value is -1.60. The molecule has 2 N–H and O–H groups in total. The molecule has 0 rings (SSSR count). The van der Waals surface area contributed by atoms with Crippen molar-refractivity contribution in [1.82, 2.24) is 20.4 Å². The number of ether oxygens (including phenoxy) is 1. The second-order valence-electron chi connectivity index (χ2n) is 5.84. The van der Waals surface area contributed by atoms with E-state index in [-0.39, 0.29) is 12.5 Å². The van der Waals surface area contributed by atoms with E-state index in [1.807, 2.05) is 6.92 Å². The lowest BCUT2D eigenvalue weighted by molar-refractivity contribution is -0.127. The third-order valence-corrected chi connectivity index (χ3v) is 3.10. The molecule has 0 aliphatic carbocycles. The van der Waals surface area contributed by atoms with E-state index in [0.29, 0.717) is 12.5 Å². The first-order chi connectivity index (χ1) is 10.9. The summed E-state index contributed by atoms with van der Waals surface area (Å²) in [5.41, 5.74) is 1.01. The van der Waals surface area contributed by atoms with Crippen LogP contribution in [0.5, 0.6) is 0 Å². The van der Waals surface area contributed by atoms with E-state index in [4.69, 9.17) is 4.74 Å². The summed E-state index contributed by atoms with van der Waals surface area (Å²) in [5, 5.41) is 6.41. The van der Waals surface area contributed by atoms with Gasteiger partial charge in [0, 0.05) is 54.0 Å². The number of carbonyl (C=O) groups is 1. The highest BCUT2D eigenvalue weighted by atomic mass is 16.5. The molecule has 134 valence electrons. The number of guanidine groups is 1. The Kier molecular flexibility index (Phi) is 12.0. The highest BCUT2D eigenvalue weighted by molar-refractivity contribution is 5.84. The summed E-state index contributed by atoms with van der Waals surface area (Å²) >= 11 is 0. The predicted octanol–water partition coefficient (Wildman–Crippen LogP) is 0.154. The summed E-state index contributed by atoms with van der Waals surface area (Å²) in [6, 6.07) is 0. The molecule has 0 fully saturated rings. The second kappa shape index (κ2) is 12.9. The molecule has 0 aromatic rings. The molecule has 0 radical (unpaired) electrons. The van der Waals surface area contributed by atoms with Crippen molar-refractivity contribution in [2.75, 3.05) is 67.6 Å². The van der Waals surface area contributed by atoms with Crippen molar-refractivity contribution >= 4 is 11.9 Å². The molecule has 0 heterocycles. The van der Waals surface area contributed by atoms with Crippen LogP contribution in [0.2, 0.25) is 0 Å². The van der Waals surface area contributed by atoms with Crippen LogP contribution in [0.25, 0.3) is 0 Å². The zero-order valence-corrected chi connectivity index (χ0v) is 15.3. The van der Waals surface area contributed by atoms with E-state index in [9.17, 15) is 4.79 Å². The van der Waals surface area contributed by atoms with Gasteiger partial charge in [0.05, 0.1) is 0 Å². The number of methoxy groups -OCH3 is 1. The third-order valence-electron chi connectivity index (χ3n) is 3.10. The molecule has 0 aliphatic rings. The Morgan fingerprint density at radius 2 is 1.91 bits per heavy atom. The zero-order chi connectivity index (χ0) is 17.7. The normalized spacial score (nSPS) is 11.5. The van der Waals surface area contributed by atoms with Gasteiger partial charge in [-0.3, -0.25) is 4.79 Å². The van der Waals surface area contributed by atoms with Gasteiger partial charge in [-0.2, -0.15) is 0 Å². The number of likely N-dealkylation sites (N-methyl/N-ethyl adjacent to an activating group) is 2. The molecule has 1 amide bonds. The van der Waals surface area contributed by atoms with Crippen LogP contribution in [0.4, 0.5) is 0 Å². The second-order valence-corrected chi connectivity index (χ2v) is 5.84. The fraction of sp³-hybridized carbons (Fsp3) is 0.750. The van der Waals surface area contributed by atoms with Crippen molar-refractivity contribution in [2.45, 2.75) is 13.3 Å². The minimum atomic E-state index is -0.0295. The fourth-order valence-electron chi connectivity index (χ4n) is 1.65. The van der Waals surface area contributed by atoms with Crippen molar-refractivity contribution in [3.8, 4) is 0 Å². The largest absolute Gasteiger partial charge is 0.385 e. The molecule has 0 aromatic carbocycles.